The fourth-order valence-corrected chi connectivity index (χ4v) is 3.23. The lowest BCUT2D eigenvalue weighted by atomic mass is 10.2. The molecule has 164 valence electrons. The van der Waals surface area contributed by atoms with Gasteiger partial charge >= 0.3 is 11.7 Å². The quantitative estimate of drug-likeness (QED) is 0.185. The Morgan fingerprint density at radius 1 is 1.03 bits per heavy atom. The number of anilines is 1. The van der Waals surface area contributed by atoms with Crippen molar-refractivity contribution >= 4 is 46.5 Å². The van der Waals surface area contributed by atoms with Gasteiger partial charge in [0.05, 0.1) is 27.1 Å². The molecule has 0 atom stereocenters. The average Bonchev–Trinajstić information content (AvgIpc) is 2.75. The Hall–Kier alpha value is -3.62. The molecular formula is C22H17Cl2N3O5. The minimum absolute atomic E-state index is 0.00283. The minimum Gasteiger partial charge on any atom is -0.477 e. The van der Waals surface area contributed by atoms with Crippen molar-refractivity contribution in [2.24, 2.45) is 4.99 Å². The number of rotatable bonds is 6. The lowest BCUT2D eigenvalue weighted by Crippen LogP contribution is -2.15. The molecular weight excluding hydrogens is 457 g/mol. The molecule has 0 spiro atoms. The Morgan fingerprint density at radius 3 is 2.31 bits per heavy atom. The highest BCUT2D eigenvalue weighted by Crippen LogP contribution is 2.31. The topological polar surface area (TPSA) is 103 Å². The SMILES string of the molecule is CCOC(=NC(=O)Nc1ccc(Oc2ccccc2[N+](=O)[O-])cc1)c1c(Cl)cccc1Cl. The van der Waals surface area contributed by atoms with Gasteiger partial charge in [-0.1, -0.05) is 41.4 Å². The van der Waals surface area contributed by atoms with Crippen molar-refractivity contribution < 1.29 is 19.2 Å². The number of hydrogen-bond acceptors (Lipinski definition) is 5. The third-order valence-corrected chi connectivity index (χ3v) is 4.69. The van der Waals surface area contributed by atoms with Crippen LogP contribution in [0.3, 0.4) is 0 Å². The van der Waals surface area contributed by atoms with Crippen molar-refractivity contribution in [2.45, 2.75) is 6.92 Å². The van der Waals surface area contributed by atoms with Gasteiger partial charge in [0.2, 0.25) is 11.6 Å². The number of nitro benzene ring substituents is 1. The summed E-state index contributed by atoms with van der Waals surface area (Å²) in [5, 5.41) is 14.3. The average molecular weight is 474 g/mol. The summed E-state index contributed by atoms with van der Waals surface area (Å²) < 4.78 is 11.0. The molecule has 0 bridgehead atoms. The fourth-order valence-electron chi connectivity index (χ4n) is 2.67. The molecule has 0 fully saturated rings. The second kappa shape index (κ2) is 10.6. The lowest BCUT2D eigenvalue weighted by molar-refractivity contribution is -0.385. The van der Waals surface area contributed by atoms with E-state index in [-0.39, 0.29) is 23.9 Å². The van der Waals surface area contributed by atoms with E-state index in [1.807, 2.05) is 0 Å². The van der Waals surface area contributed by atoms with Crippen molar-refractivity contribution in [3.63, 3.8) is 0 Å². The van der Waals surface area contributed by atoms with Crippen LogP contribution in [0.15, 0.2) is 71.7 Å². The second-order valence-corrected chi connectivity index (χ2v) is 7.04. The first-order valence-electron chi connectivity index (χ1n) is 9.37. The van der Waals surface area contributed by atoms with Gasteiger partial charge in [-0.25, -0.2) is 4.79 Å². The van der Waals surface area contributed by atoms with Gasteiger partial charge in [0, 0.05) is 11.8 Å². The Balaban J connectivity index is 1.75. The zero-order valence-electron chi connectivity index (χ0n) is 16.7. The van der Waals surface area contributed by atoms with E-state index in [2.05, 4.69) is 10.3 Å². The van der Waals surface area contributed by atoms with E-state index >= 15 is 0 Å². The fraction of sp³-hybridized carbons (Fsp3) is 0.0909. The molecule has 3 rings (SSSR count). The van der Waals surface area contributed by atoms with E-state index in [1.54, 1.807) is 61.5 Å². The summed E-state index contributed by atoms with van der Waals surface area (Å²) in [6.07, 6.45) is 0. The molecule has 0 saturated carbocycles. The summed E-state index contributed by atoms with van der Waals surface area (Å²) in [5.41, 5.74) is 0.594. The number of aliphatic imine (C=N–C) groups is 1. The molecule has 8 nitrogen and oxygen atoms in total. The zero-order chi connectivity index (χ0) is 23.1. The summed E-state index contributed by atoms with van der Waals surface area (Å²) in [5.74, 6) is 0.465. The van der Waals surface area contributed by atoms with Crippen LogP contribution in [0.2, 0.25) is 10.0 Å². The molecule has 0 aliphatic heterocycles. The number of hydrogen-bond donors (Lipinski definition) is 1. The first-order valence-corrected chi connectivity index (χ1v) is 10.1. The van der Waals surface area contributed by atoms with Gasteiger partial charge in [0.1, 0.15) is 5.75 Å². The van der Waals surface area contributed by atoms with E-state index < -0.39 is 11.0 Å². The molecule has 0 radical (unpaired) electrons. The first kappa shape index (κ1) is 23.1. The normalized spacial score (nSPS) is 11.0. The van der Waals surface area contributed by atoms with Crippen molar-refractivity contribution in [1.29, 1.82) is 0 Å². The highest BCUT2D eigenvalue weighted by molar-refractivity contribution is 6.39. The van der Waals surface area contributed by atoms with Crippen LogP contribution in [0, 0.1) is 10.1 Å². The maximum atomic E-state index is 12.4. The minimum atomic E-state index is -0.697. The smallest absolute Gasteiger partial charge is 0.348 e. The Bertz CT molecular complexity index is 1150. The molecule has 0 saturated heterocycles. The maximum Gasteiger partial charge on any atom is 0.348 e. The molecule has 32 heavy (non-hydrogen) atoms. The van der Waals surface area contributed by atoms with E-state index in [9.17, 15) is 14.9 Å². The number of carbonyl (C=O) groups excluding carboxylic acids is 1. The van der Waals surface area contributed by atoms with Gasteiger partial charge in [-0.05, 0) is 49.4 Å². The third-order valence-electron chi connectivity index (χ3n) is 4.06. The number of carbonyl (C=O) groups is 1. The van der Waals surface area contributed by atoms with E-state index in [1.165, 1.54) is 12.1 Å². The molecule has 1 N–H and O–H groups in total. The maximum absolute atomic E-state index is 12.4. The molecule has 0 aromatic heterocycles. The molecule has 3 aromatic carbocycles. The predicted molar refractivity (Wildman–Crippen MR) is 123 cm³/mol. The summed E-state index contributed by atoms with van der Waals surface area (Å²) in [7, 11) is 0. The van der Waals surface area contributed by atoms with Crippen LogP contribution in [0.25, 0.3) is 0 Å². The van der Waals surface area contributed by atoms with E-state index in [4.69, 9.17) is 32.7 Å². The molecule has 0 heterocycles. The predicted octanol–water partition coefficient (Wildman–Crippen LogP) is 6.71. The van der Waals surface area contributed by atoms with Crippen molar-refractivity contribution in [3.8, 4) is 11.5 Å². The Morgan fingerprint density at radius 2 is 1.69 bits per heavy atom. The summed E-state index contributed by atoms with van der Waals surface area (Å²) in [6, 6.07) is 16.5. The largest absolute Gasteiger partial charge is 0.477 e. The van der Waals surface area contributed by atoms with Gasteiger partial charge in [-0.15, -0.1) is 0 Å². The van der Waals surface area contributed by atoms with Crippen LogP contribution in [-0.4, -0.2) is 23.5 Å². The Labute approximate surface area is 193 Å². The van der Waals surface area contributed by atoms with Crippen LogP contribution in [-0.2, 0) is 4.74 Å². The van der Waals surface area contributed by atoms with Crippen LogP contribution < -0.4 is 10.1 Å². The van der Waals surface area contributed by atoms with Gasteiger partial charge in [0.25, 0.3) is 0 Å². The van der Waals surface area contributed by atoms with Crippen LogP contribution in [0.5, 0.6) is 11.5 Å². The molecule has 2 amide bonds. The number of nitro groups is 1. The number of nitrogens with one attached hydrogen (secondary N) is 1. The standard InChI is InChI=1S/C22H17Cl2N3O5/c1-2-31-21(20-16(23)6-5-7-17(20)24)26-22(28)25-14-10-12-15(13-11-14)32-19-9-4-3-8-18(19)27(29)30/h3-13H,2H2,1H3,(H,25,28). The van der Waals surface area contributed by atoms with Crippen molar-refractivity contribution in [1.82, 2.24) is 0 Å². The molecule has 10 heteroatoms. The molecule has 0 aliphatic carbocycles. The van der Waals surface area contributed by atoms with Crippen LogP contribution in [0.1, 0.15) is 12.5 Å². The monoisotopic (exact) mass is 473 g/mol. The molecule has 0 unspecified atom stereocenters. The summed E-state index contributed by atoms with van der Waals surface area (Å²) >= 11 is 12.4. The van der Waals surface area contributed by atoms with Crippen LogP contribution >= 0.6 is 23.2 Å². The number of halogens is 2. The number of para-hydroxylation sites is 2. The van der Waals surface area contributed by atoms with E-state index in [0.29, 0.717) is 27.0 Å². The number of ether oxygens (including phenoxy) is 2. The second-order valence-electron chi connectivity index (χ2n) is 6.23. The summed E-state index contributed by atoms with van der Waals surface area (Å²) in [6.45, 7) is 2.00. The van der Waals surface area contributed by atoms with Crippen molar-refractivity contribution in [2.75, 3.05) is 11.9 Å². The number of benzene rings is 3. The highest BCUT2D eigenvalue weighted by Gasteiger charge is 2.17. The Kier molecular flexibility index (Phi) is 7.64. The van der Waals surface area contributed by atoms with Gasteiger partial charge in [-0.2, -0.15) is 4.99 Å². The summed E-state index contributed by atoms with van der Waals surface area (Å²) in [4.78, 5) is 26.9. The van der Waals surface area contributed by atoms with Crippen LogP contribution in [0.4, 0.5) is 16.2 Å². The number of amides is 2. The van der Waals surface area contributed by atoms with E-state index in [0.717, 1.165) is 0 Å². The van der Waals surface area contributed by atoms with Gasteiger partial charge < -0.3 is 14.8 Å². The first-order chi connectivity index (χ1) is 15.4. The number of urea groups is 1. The molecule has 0 aliphatic rings. The highest BCUT2D eigenvalue weighted by atomic mass is 35.5. The third kappa shape index (κ3) is 5.75. The van der Waals surface area contributed by atoms with Gasteiger partial charge in [-0.3, -0.25) is 10.1 Å². The zero-order valence-corrected chi connectivity index (χ0v) is 18.3. The lowest BCUT2D eigenvalue weighted by Gasteiger charge is -2.11. The molecule has 3 aromatic rings. The van der Waals surface area contributed by atoms with Gasteiger partial charge in [0.15, 0.2) is 0 Å². The number of nitrogens with zero attached hydrogens (tertiary/aromatic N) is 2. The van der Waals surface area contributed by atoms with Crippen molar-refractivity contribution in [3.05, 3.63) is 92.5 Å².